The molecule has 0 bridgehead atoms. The Hall–Kier alpha value is -0.910. The highest BCUT2D eigenvalue weighted by molar-refractivity contribution is 7.99. The Morgan fingerprint density at radius 3 is 2.80 bits per heavy atom. The molecule has 2 atom stereocenters. The van der Waals surface area contributed by atoms with Crippen molar-refractivity contribution in [3.63, 3.8) is 0 Å². The second-order valence-corrected chi connectivity index (χ2v) is 6.84. The maximum Gasteiger partial charge on any atom is 0.320 e. The Morgan fingerprint density at radius 1 is 1.35 bits per heavy atom. The van der Waals surface area contributed by atoms with Crippen LogP contribution in [-0.4, -0.2) is 64.1 Å². The number of piperidine rings is 1. The Kier molecular flexibility index (Phi) is 5.57. The molecule has 0 aromatic carbocycles. The maximum absolute atomic E-state index is 12.6. The lowest BCUT2D eigenvalue weighted by atomic mass is 9.98. The van der Waals surface area contributed by atoms with E-state index in [1.165, 1.54) is 0 Å². The van der Waals surface area contributed by atoms with Crippen molar-refractivity contribution in [1.82, 2.24) is 9.80 Å². The van der Waals surface area contributed by atoms with Crippen LogP contribution in [0.1, 0.15) is 38.5 Å². The number of carbonyl (C=O) groups is 2. The summed E-state index contributed by atoms with van der Waals surface area (Å²) in [5.74, 6) is 1.38. The summed E-state index contributed by atoms with van der Waals surface area (Å²) in [7, 11) is 1.89. The first-order valence-electron chi connectivity index (χ1n) is 7.42. The summed E-state index contributed by atoms with van der Waals surface area (Å²) in [6, 6.07) is 0.533. The van der Waals surface area contributed by atoms with E-state index in [0.717, 1.165) is 43.7 Å². The van der Waals surface area contributed by atoms with Gasteiger partial charge in [0.05, 0.1) is 0 Å². The standard InChI is InChI=1S/C14H24N2O3S/c1-15(12-7-9-20-10-12)14(19)16-8-3-2-4-11(16)5-6-13(17)18/h11-12H,2-10H2,1H3,(H,17,18). The highest BCUT2D eigenvalue weighted by Gasteiger charge is 2.32. The van der Waals surface area contributed by atoms with Gasteiger partial charge in [0, 0.05) is 37.8 Å². The second kappa shape index (κ2) is 7.20. The van der Waals surface area contributed by atoms with Gasteiger partial charge in [-0.3, -0.25) is 4.79 Å². The van der Waals surface area contributed by atoms with Gasteiger partial charge in [-0.05, 0) is 37.9 Å². The van der Waals surface area contributed by atoms with E-state index in [-0.39, 0.29) is 18.5 Å². The van der Waals surface area contributed by atoms with Gasteiger partial charge in [-0.2, -0.15) is 11.8 Å². The van der Waals surface area contributed by atoms with Crippen molar-refractivity contribution in [3.05, 3.63) is 0 Å². The monoisotopic (exact) mass is 300 g/mol. The third-order valence-electron chi connectivity index (χ3n) is 4.32. The second-order valence-electron chi connectivity index (χ2n) is 5.69. The molecule has 0 aromatic heterocycles. The topological polar surface area (TPSA) is 60.9 Å². The van der Waals surface area contributed by atoms with E-state index in [1.807, 2.05) is 28.6 Å². The SMILES string of the molecule is CN(C(=O)N1CCCCC1CCC(=O)O)C1CCSC1. The van der Waals surface area contributed by atoms with Crippen molar-refractivity contribution in [2.24, 2.45) is 0 Å². The summed E-state index contributed by atoms with van der Waals surface area (Å²) in [5.41, 5.74) is 0. The fourth-order valence-corrected chi connectivity index (χ4v) is 4.30. The first-order valence-corrected chi connectivity index (χ1v) is 8.58. The number of hydrogen-bond donors (Lipinski definition) is 1. The third-order valence-corrected chi connectivity index (χ3v) is 5.46. The van der Waals surface area contributed by atoms with Crippen LogP contribution >= 0.6 is 11.8 Å². The highest BCUT2D eigenvalue weighted by Crippen LogP contribution is 2.26. The van der Waals surface area contributed by atoms with E-state index in [2.05, 4.69) is 0 Å². The van der Waals surface area contributed by atoms with Gasteiger partial charge >= 0.3 is 12.0 Å². The van der Waals surface area contributed by atoms with Crippen LogP contribution in [0.15, 0.2) is 0 Å². The molecular weight excluding hydrogens is 276 g/mol. The van der Waals surface area contributed by atoms with E-state index in [9.17, 15) is 9.59 Å². The molecule has 2 rings (SSSR count). The fourth-order valence-electron chi connectivity index (χ4n) is 3.03. The zero-order valence-electron chi connectivity index (χ0n) is 12.1. The average Bonchev–Trinajstić information content (AvgIpc) is 2.98. The van der Waals surface area contributed by atoms with E-state index in [4.69, 9.17) is 5.11 Å². The van der Waals surface area contributed by atoms with Gasteiger partial charge in [0.15, 0.2) is 0 Å². The number of nitrogens with zero attached hydrogens (tertiary/aromatic N) is 2. The quantitative estimate of drug-likeness (QED) is 0.865. The molecule has 2 saturated heterocycles. The zero-order valence-corrected chi connectivity index (χ0v) is 12.9. The van der Waals surface area contributed by atoms with Crippen LogP contribution in [-0.2, 0) is 4.79 Å². The first-order chi connectivity index (χ1) is 9.59. The molecule has 1 N–H and O–H groups in total. The number of carboxylic acids is 1. The summed E-state index contributed by atoms with van der Waals surface area (Å²) < 4.78 is 0. The Bertz CT molecular complexity index is 358. The van der Waals surface area contributed by atoms with E-state index in [0.29, 0.717) is 12.5 Å². The molecule has 114 valence electrons. The molecule has 0 aliphatic carbocycles. The van der Waals surface area contributed by atoms with Crippen LogP contribution in [0.2, 0.25) is 0 Å². The van der Waals surface area contributed by atoms with Crippen molar-refractivity contribution < 1.29 is 14.7 Å². The largest absolute Gasteiger partial charge is 0.481 e. The minimum atomic E-state index is -0.775. The van der Waals surface area contributed by atoms with Crippen LogP contribution < -0.4 is 0 Å². The van der Waals surface area contributed by atoms with Crippen molar-refractivity contribution in [2.75, 3.05) is 25.1 Å². The lowest BCUT2D eigenvalue weighted by Crippen LogP contribution is -2.52. The summed E-state index contributed by atoms with van der Waals surface area (Å²) in [4.78, 5) is 27.2. The minimum Gasteiger partial charge on any atom is -0.481 e. The smallest absolute Gasteiger partial charge is 0.320 e. The van der Waals surface area contributed by atoms with Gasteiger partial charge in [-0.25, -0.2) is 4.79 Å². The normalized spacial score (nSPS) is 26.6. The van der Waals surface area contributed by atoms with Gasteiger partial charge in [-0.15, -0.1) is 0 Å². The molecule has 0 spiro atoms. The minimum absolute atomic E-state index is 0.0904. The van der Waals surface area contributed by atoms with E-state index >= 15 is 0 Å². The van der Waals surface area contributed by atoms with Gasteiger partial charge < -0.3 is 14.9 Å². The Morgan fingerprint density at radius 2 is 2.15 bits per heavy atom. The lowest BCUT2D eigenvalue weighted by Gasteiger charge is -2.39. The third kappa shape index (κ3) is 3.81. The molecule has 2 aliphatic rings. The number of thioether (sulfide) groups is 1. The van der Waals surface area contributed by atoms with Gasteiger partial charge in [-0.1, -0.05) is 0 Å². The van der Waals surface area contributed by atoms with Crippen LogP contribution in [0.3, 0.4) is 0 Å². The van der Waals surface area contributed by atoms with Crippen LogP contribution in [0, 0.1) is 0 Å². The van der Waals surface area contributed by atoms with Crippen molar-refractivity contribution in [3.8, 4) is 0 Å². The van der Waals surface area contributed by atoms with Gasteiger partial charge in [0.1, 0.15) is 0 Å². The predicted octanol–water partition coefficient (Wildman–Crippen LogP) is 2.26. The fraction of sp³-hybridized carbons (Fsp3) is 0.857. The number of likely N-dealkylation sites (tertiary alicyclic amines) is 1. The molecule has 2 aliphatic heterocycles. The van der Waals surface area contributed by atoms with Gasteiger partial charge in [0.25, 0.3) is 0 Å². The molecule has 6 heteroatoms. The van der Waals surface area contributed by atoms with Crippen molar-refractivity contribution in [2.45, 2.75) is 50.6 Å². The lowest BCUT2D eigenvalue weighted by molar-refractivity contribution is -0.137. The Balaban J connectivity index is 1.95. The number of aliphatic carboxylic acids is 1. The molecule has 0 saturated carbocycles. The number of hydrogen-bond acceptors (Lipinski definition) is 3. The van der Waals surface area contributed by atoms with Crippen molar-refractivity contribution >= 4 is 23.8 Å². The molecule has 2 fully saturated rings. The first kappa shape index (κ1) is 15.5. The Labute approximate surface area is 124 Å². The highest BCUT2D eigenvalue weighted by atomic mass is 32.2. The number of urea groups is 1. The molecule has 2 unspecified atom stereocenters. The van der Waals surface area contributed by atoms with Crippen molar-refractivity contribution in [1.29, 1.82) is 0 Å². The molecule has 0 aromatic rings. The summed E-state index contributed by atoms with van der Waals surface area (Å²) in [6.07, 6.45) is 4.86. The van der Waals surface area contributed by atoms with E-state index < -0.39 is 5.97 Å². The number of carboxylic acid groups (broad SMARTS) is 1. The molecule has 20 heavy (non-hydrogen) atoms. The van der Waals surface area contributed by atoms with E-state index in [1.54, 1.807) is 0 Å². The van der Waals surface area contributed by atoms with Crippen LogP contribution in [0.25, 0.3) is 0 Å². The van der Waals surface area contributed by atoms with Crippen LogP contribution in [0.4, 0.5) is 4.79 Å². The number of amides is 2. The number of carbonyl (C=O) groups excluding carboxylic acids is 1. The molecule has 2 amide bonds. The average molecular weight is 300 g/mol. The molecule has 0 radical (unpaired) electrons. The zero-order chi connectivity index (χ0) is 14.5. The molecule has 5 nitrogen and oxygen atoms in total. The molecular formula is C14H24N2O3S. The summed E-state index contributed by atoms with van der Waals surface area (Å²) in [6.45, 7) is 0.771. The summed E-state index contributed by atoms with van der Waals surface area (Å²) in [5, 5.41) is 8.83. The molecule has 2 heterocycles. The number of rotatable bonds is 4. The predicted molar refractivity (Wildman–Crippen MR) is 80.1 cm³/mol. The van der Waals surface area contributed by atoms with Crippen LogP contribution in [0.5, 0.6) is 0 Å². The summed E-state index contributed by atoms with van der Waals surface area (Å²) >= 11 is 1.90. The van der Waals surface area contributed by atoms with Gasteiger partial charge in [0.2, 0.25) is 0 Å². The maximum atomic E-state index is 12.6.